The normalized spacial score (nSPS) is 11.9. The molecule has 1 atom stereocenters. The summed E-state index contributed by atoms with van der Waals surface area (Å²) in [6, 6.07) is 13.1. The second-order valence-electron chi connectivity index (χ2n) is 5.08. The maximum absolute atomic E-state index is 12.7. The van der Waals surface area contributed by atoms with Crippen LogP contribution in [0.25, 0.3) is 0 Å². The van der Waals surface area contributed by atoms with Crippen LogP contribution in [-0.2, 0) is 6.54 Å². The summed E-state index contributed by atoms with van der Waals surface area (Å²) in [5.74, 6) is -0.159. The van der Waals surface area contributed by atoms with Crippen LogP contribution in [-0.4, -0.2) is 32.1 Å². The van der Waals surface area contributed by atoms with Crippen LogP contribution in [0, 0.1) is 0 Å². The molecule has 1 aromatic carbocycles. The lowest BCUT2D eigenvalue weighted by Gasteiger charge is -2.19. The first-order chi connectivity index (χ1) is 11.8. The SMILES string of the molecule is CSc1ncccc1C(=O)NC(Cn1nccn1)c1ccccc1. The van der Waals surface area contributed by atoms with E-state index in [4.69, 9.17) is 0 Å². The Bertz CT molecular complexity index is 792. The van der Waals surface area contributed by atoms with Crippen LogP contribution >= 0.6 is 11.8 Å². The Morgan fingerprint density at radius 2 is 1.88 bits per heavy atom. The zero-order valence-electron chi connectivity index (χ0n) is 13.2. The van der Waals surface area contributed by atoms with Crippen LogP contribution in [0.5, 0.6) is 0 Å². The molecule has 3 rings (SSSR count). The van der Waals surface area contributed by atoms with Crippen LogP contribution in [0.4, 0.5) is 0 Å². The van der Waals surface area contributed by atoms with Gasteiger partial charge in [-0.05, 0) is 24.0 Å². The summed E-state index contributed by atoms with van der Waals surface area (Å²) in [6.07, 6.45) is 6.83. The van der Waals surface area contributed by atoms with Gasteiger partial charge in [0.2, 0.25) is 0 Å². The third-order valence-electron chi connectivity index (χ3n) is 3.53. The number of carbonyl (C=O) groups is 1. The van der Waals surface area contributed by atoms with Gasteiger partial charge in [0.05, 0.1) is 30.5 Å². The van der Waals surface area contributed by atoms with Gasteiger partial charge in [0, 0.05) is 6.20 Å². The third-order valence-corrected chi connectivity index (χ3v) is 4.24. The van der Waals surface area contributed by atoms with E-state index in [1.807, 2.05) is 36.6 Å². The number of nitrogens with one attached hydrogen (secondary N) is 1. The molecule has 122 valence electrons. The van der Waals surface area contributed by atoms with Gasteiger partial charge in [-0.1, -0.05) is 30.3 Å². The van der Waals surface area contributed by atoms with Gasteiger partial charge in [-0.2, -0.15) is 15.0 Å². The van der Waals surface area contributed by atoms with E-state index < -0.39 is 0 Å². The lowest BCUT2D eigenvalue weighted by atomic mass is 10.1. The summed E-state index contributed by atoms with van der Waals surface area (Å²) in [5, 5.41) is 12.0. The number of benzene rings is 1. The van der Waals surface area contributed by atoms with Crippen molar-refractivity contribution in [2.45, 2.75) is 17.6 Å². The average molecular weight is 339 g/mol. The smallest absolute Gasteiger partial charge is 0.254 e. The molecule has 1 amide bonds. The molecule has 0 aliphatic rings. The maximum Gasteiger partial charge on any atom is 0.254 e. The highest BCUT2D eigenvalue weighted by molar-refractivity contribution is 7.98. The molecule has 0 spiro atoms. The molecule has 0 saturated carbocycles. The number of aromatic nitrogens is 4. The van der Waals surface area contributed by atoms with Crippen molar-refractivity contribution in [3.8, 4) is 0 Å². The summed E-state index contributed by atoms with van der Waals surface area (Å²) in [4.78, 5) is 18.5. The van der Waals surface area contributed by atoms with Gasteiger partial charge in [0.25, 0.3) is 5.91 Å². The first-order valence-corrected chi connectivity index (χ1v) is 8.69. The van der Waals surface area contributed by atoms with Crippen LogP contribution < -0.4 is 5.32 Å². The monoisotopic (exact) mass is 339 g/mol. The molecule has 2 aromatic heterocycles. The molecule has 7 heteroatoms. The van der Waals surface area contributed by atoms with Crippen molar-refractivity contribution < 1.29 is 4.79 Å². The molecule has 24 heavy (non-hydrogen) atoms. The van der Waals surface area contributed by atoms with E-state index in [9.17, 15) is 4.79 Å². The van der Waals surface area contributed by atoms with E-state index in [1.165, 1.54) is 11.8 Å². The summed E-state index contributed by atoms with van der Waals surface area (Å²) in [5.41, 5.74) is 1.57. The summed E-state index contributed by atoms with van der Waals surface area (Å²) >= 11 is 1.45. The first kappa shape index (κ1) is 16.2. The van der Waals surface area contributed by atoms with E-state index in [0.717, 1.165) is 5.56 Å². The number of carbonyl (C=O) groups excluding carboxylic acids is 1. The molecule has 0 aliphatic heterocycles. The Kier molecular flexibility index (Phi) is 5.22. The zero-order chi connectivity index (χ0) is 16.8. The molecule has 0 saturated heterocycles. The van der Waals surface area contributed by atoms with Crippen LogP contribution in [0.2, 0.25) is 0 Å². The Labute approximate surface area is 144 Å². The minimum absolute atomic E-state index is 0.159. The molecule has 0 aliphatic carbocycles. The Balaban J connectivity index is 1.84. The predicted octanol–water partition coefficient (Wildman–Crippen LogP) is 2.57. The molecule has 3 aromatic rings. The van der Waals surface area contributed by atoms with Crippen molar-refractivity contribution in [2.75, 3.05) is 6.26 Å². The summed E-state index contributed by atoms with van der Waals surface area (Å²) in [7, 11) is 0. The Hall–Kier alpha value is -2.67. The first-order valence-electron chi connectivity index (χ1n) is 7.47. The van der Waals surface area contributed by atoms with Gasteiger partial charge in [0.15, 0.2) is 0 Å². The fourth-order valence-electron chi connectivity index (χ4n) is 2.38. The third kappa shape index (κ3) is 3.80. The van der Waals surface area contributed by atoms with Gasteiger partial charge < -0.3 is 5.32 Å². The molecule has 0 radical (unpaired) electrons. The van der Waals surface area contributed by atoms with Gasteiger partial charge in [-0.25, -0.2) is 4.98 Å². The minimum Gasteiger partial charge on any atom is -0.343 e. The second-order valence-corrected chi connectivity index (χ2v) is 5.88. The molecule has 2 heterocycles. The zero-order valence-corrected chi connectivity index (χ0v) is 14.0. The van der Waals surface area contributed by atoms with Crippen molar-refractivity contribution in [3.63, 3.8) is 0 Å². The fourth-order valence-corrected chi connectivity index (χ4v) is 2.93. The topological polar surface area (TPSA) is 72.7 Å². The van der Waals surface area contributed by atoms with E-state index in [2.05, 4.69) is 20.5 Å². The molecule has 0 bridgehead atoms. The van der Waals surface area contributed by atoms with Crippen molar-refractivity contribution in [3.05, 3.63) is 72.2 Å². The van der Waals surface area contributed by atoms with E-state index >= 15 is 0 Å². The van der Waals surface area contributed by atoms with Crippen molar-refractivity contribution >= 4 is 17.7 Å². The van der Waals surface area contributed by atoms with Crippen molar-refractivity contribution in [1.82, 2.24) is 25.3 Å². The molecular formula is C17H17N5OS. The number of pyridine rings is 1. The van der Waals surface area contributed by atoms with Crippen molar-refractivity contribution in [2.24, 2.45) is 0 Å². The second kappa shape index (κ2) is 7.74. The largest absolute Gasteiger partial charge is 0.343 e. The molecule has 1 unspecified atom stereocenters. The standard InChI is InChI=1S/C17H17N5OS/c1-24-17-14(8-5-9-18-17)16(23)21-15(12-22-19-10-11-20-22)13-6-3-2-4-7-13/h2-11,15H,12H2,1H3,(H,21,23). The maximum atomic E-state index is 12.7. The number of amides is 1. The highest BCUT2D eigenvalue weighted by Gasteiger charge is 2.19. The number of hydrogen-bond donors (Lipinski definition) is 1. The lowest BCUT2D eigenvalue weighted by molar-refractivity contribution is 0.0927. The van der Waals surface area contributed by atoms with E-state index in [0.29, 0.717) is 17.1 Å². The lowest BCUT2D eigenvalue weighted by Crippen LogP contribution is -2.32. The van der Waals surface area contributed by atoms with E-state index in [1.54, 1.807) is 35.5 Å². The van der Waals surface area contributed by atoms with Gasteiger partial charge in [-0.3, -0.25) is 4.79 Å². The average Bonchev–Trinajstić information content (AvgIpc) is 3.15. The highest BCUT2D eigenvalue weighted by Crippen LogP contribution is 2.19. The number of rotatable bonds is 6. The molecular weight excluding hydrogens is 322 g/mol. The predicted molar refractivity (Wildman–Crippen MR) is 92.7 cm³/mol. The molecule has 0 fully saturated rings. The Morgan fingerprint density at radius 3 is 2.58 bits per heavy atom. The van der Waals surface area contributed by atoms with Crippen LogP contribution in [0.15, 0.2) is 66.1 Å². The van der Waals surface area contributed by atoms with Gasteiger partial charge in [0.1, 0.15) is 5.03 Å². The molecule has 6 nitrogen and oxygen atoms in total. The quantitative estimate of drug-likeness (QED) is 0.699. The van der Waals surface area contributed by atoms with E-state index in [-0.39, 0.29) is 11.9 Å². The highest BCUT2D eigenvalue weighted by atomic mass is 32.2. The number of nitrogens with zero attached hydrogens (tertiary/aromatic N) is 4. The summed E-state index contributed by atoms with van der Waals surface area (Å²) < 4.78 is 0. The fraction of sp³-hybridized carbons (Fsp3) is 0.176. The van der Waals surface area contributed by atoms with Crippen LogP contribution in [0.3, 0.4) is 0 Å². The van der Waals surface area contributed by atoms with Gasteiger partial charge in [-0.15, -0.1) is 11.8 Å². The minimum atomic E-state index is -0.235. The number of hydrogen-bond acceptors (Lipinski definition) is 5. The van der Waals surface area contributed by atoms with Gasteiger partial charge >= 0.3 is 0 Å². The molecule has 1 N–H and O–H groups in total. The Morgan fingerprint density at radius 1 is 1.12 bits per heavy atom. The summed E-state index contributed by atoms with van der Waals surface area (Å²) in [6.45, 7) is 0.456. The van der Waals surface area contributed by atoms with Crippen molar-refractivity contribution in [1.29, 1.82) is 0 Å². The number of thioether (sulfide) groups is 1. The van der Waals surface area contributed by atoms with Crippen LogP contribution in [0.1, 0.15) is 22.0 Å².